The summed E-state index contributed by atoms with van der Waals surface area (Å²) >= 11 is 0.204. The minimum atomic E-state index is 0.204. The summed E-state index contributed by atoms with van der Waals surface area (Å²) in [6.45, 7) is 0. The molecule has 0 amide bonds. The van der Waals surface area contributed by atoms with Crippen LogP contribution < -0.4 is 0 Å². The Balaban J connectivity index is 1.35. The first-order valence-corrected chi connectivity index (χ1v) is 20.2. The van der Waals surface area contributed by atoms with E-state index in [0.29, 0.717) is 0 Å². The van der Waals surface area contributed by atoms with Crippen molar-refractivity contribution in [1.82, 2.24) is 15.4 Å². The Kier molecular flexibility index (Phi) is 8.53. The standard InChI is InChI=1S/C51H33N3Se/c1-4-18-34(19-5-1)37-24-10-12-26-39(37)41-29-16-31-44(47(41)43-30-17-33-46-48(43)42-28-14-15-32-45(42)55-46)51-49(50(52-54-53-51)36-22-8-3-9-23-36)40-27-13-11-25-38(40)35-20-6-2-7-21-35/h1-33H. The molecule has 0 saturated carbocycles. The van der Waals surface area contributed by atoms with Crippen LogP contribution in [0.2, 0.25) is 0 Å². The Morgan fingerprint density at radius 1 is 0.291 bits per heavy atom. The number of rotatable bonds is 7. The molecule has 10 rings (SSSR count). The van der Waals surface area contributed by atoms with Gasteiger partial charge in [0.05, 0.1) is 0 Å². The normalized spacial score (nSPS) is 11.3. The third kappa shape index (κ3) is 5.89. The molecule has 0 bridgehead atoms. The first-order valence-electron chi connectivity index (χ1n) is 18.5. The fourth-order valence-corrected chi connectivity index (χ4v) is 10.3. The predicted octanol–water partition coefficient (Wildman–Crippen LogP) is 12.9. The van der Waals surface area contributed by atoms with Gasteiger partial charge in [0.1, 0.15) is 0 Å². The summed E-state index contributed by atoms with van der Waals surface area (Å²) in [5.41, 5.74) is 14.8. The number of hydrogen-bond acceptors (Lipinski definition) is 3. The first-order chi connectivity index (χ1) is 27.3. The molecule has 0 aliphatic carbocycles. The zero-order valence-electron chi connectivity index (χ0n) is 29.8. The van der Waals surface area contributed by atoms with E-state index in [4.69, 9.17) is 10.2 Å². The van der Waals surface area contributed by atoms with E-state index in [1.807, 2.05) is 6.07 Å². The average molecular weight is 767 g/mol. The van der Waals surface area contributed by atoms with Gasteiger partial charge >= 0.3 is 321 Å². The van der Waals surface area contributed by atoms with Crippen LogP contribution in [0.4, 0.5) is 0 Å². The van der Waals surface area contributed by atoms with Crippen LogP contribution in [0.25, 0.3) is 97.4 Å². The molecular formula is C51H33N3Se. The summed E-state index contributed by atoms with van der Waals surface area (Å²) < 4.78 is 2.80. The van der Waals surface area contributed by atoms with Gasteiger partial charge in [-0.25, -0.2) is 0 Å². The molecule has 0 fully saturated rings. The van der Waals surface area contributed by atoms with Crippen LogP contribution in [0, 0.1) is 0 Å². The van der Waals surface area contributed by atoms with Gasteiger partial charge in [0.15, 0.2) is 0 Å². The van der Waals surface area contributed by atoms with Crippen LogP contribution in [0.1, 0.15) is 0 Å². The Bertz CT molecular complexity index is 2970. The zero-order chi connectivity index (χ0) is 36.6. The van der Waals surface area contributed by atoms with Crippen molar-refractivity contribution in [2.75, 3.05) is 0 Å². The molecule has 0 radical (unpaired) electrons. The monoisotopic (exact) mass is 767 g/mol. The van der Waals surface area contributed by atoms with Gasteiger partial charge < -0.3 is 0 Å². The quantitative estimate of drug-likeness (QED) is 0.152. The minimum absolute atomic E-state index is 0.204. The number of benzene rings is 8. The molecule has 3 nitrogen and oxygen atoms in total. The number of fused-ring (bicyclic) bond motifs is 3. The molecule has 0 unspecified atom stereocenters. The van der Waals surface area contributed by atoms with Gasteiger partial charge in [-0.3, -0.25) is 0 Å². The molecular weight excluding hydrogens is 734 g/mol. The zero-order valence-corrected chi connectivity index (χ0v) is 31.5. The molecule has 8 aromatic carbocycles. The van der Waals surface area contributed by atoms with E-state index in [1.165, 1.54) is 36.0 Å². The molecule has 0 spiro atoms. The van der Waals surface area contributed by atoms with Crippen molar-refractivity contribution in [3.63, 3.8) is 0 Å². The van der Waals surface area contributed by atoms with E-state index >= 15 is 0 Å². The maximum absolute atomic E-state index is 5.03. The van der Waals surface area contributed by atoms with Crippen molar-refractivity contribution < 1.29 is 0 Å². The van der Waals surface area contributed by atoms with E-state index in [9.17, 15) is 0 Å². The van der Waals surface area contributed by atoms with E-state index in [-0.39, 0.29) is 14.5 Å². The van der Waals surface area contributed by atoms with Gasteiger partial charge in [-0.05, 0) is 0 Å². The molecule has 2 aromatic heterocycles. The summed E-state index contributed by atoms with van der Waals surface area (Å²) in [6, 6.07) is 71.4. The average Bonchev–Trinajstić information content (AvgIpc) is 3.66. The third-order valence-electron chi connectivity index (χ3n) is 10.4. The fourth-order valence-electron chi connectivity index (χ4n) is 7.97. The van der Waals surface area contributed by atoms with Crippen molar-refractivity contribution in [2.24, 2.45) is 0 Å². The Hall–Kier alpha value is -6.71. The SMILES string of the molecule is c1ccc(-c2ccccc2-c2cccc(-c3nnnc(-c4ccccc4)c3-c3ccccc3-c3ccccc3)c2-c2cccc3[se]c4ccccc4c23)cc1. The van der Waals surface area contributed by atoms with Crippen molar-refractivity contribution in [2.45, 2.75) is 0 Å². The second kappa shape index (κ2) is 14.3. The Morgan fingerprint density at radius 2 is 0.764 bits per heavy atom. The Morgan fingerprint density at radius 3 is 1.47 bits per heavy atom. The maximum atomic E-state index is 5.03. The molecule has 0 atom stereocenters. The van der Waals surface area contributed by atoms with Gasteiger partial charge in [-0.1, -0.05) is 6.07 Å². The molecule has 0 aliphatic rings. The molecule has 0 N–H and O–H groups in total. The number of hydrogen-bond donors (Lipinski definition) is 0. The van der Waals surface area contributed by atoms with Gasteiger partial charge in [0.25, 0.3) is 0 Å². The van der Waals surface area contributed by atoms with Crippen molar-refractivity contribution in [3.8, 4) is 78.1 Å². The van der Waals surface area contributed by atoms with Crippen LogP contribution in [0.3, 0.4) is 0 Å². The van der Waals surface area contributed by atoms with Gasteiger partial charge in [0.2, 0.25) is 0 Å². The van der Waals surface area contributed by atoms with E-state index in [0.717, 1.165) is 61.5 Å². The summed E-state index contributed by atoms with van der Waals surface area (Å²) in [4.78, 5) is 0. The van der Waals surface area contributed by atoms with Crippen molar-refractivity contribution in [1.29, 1.82) is 0 Å². The topological polar surface area (TPSA) is 38.7 Å². The van der Waals surface area contributed by atoms with Gasteiger partial charge in [-0.2, -0.15) is 0 Å². The Labute approximate surface area is 326 Å². The fraction of sp³-hybridized carbons (Fsp3) is 0. The summed E-state index contributed by atoms with van der Waals surface area (Å²) in [5.74, 6) is 0. The summed E-state index contributed by atoms with van der Waals surface area (Å²) in [7, 11) is 0. The van der Waals surface area contributed by atoms with Crippen molar-refractivity contribution in [3.05, 3.63) is 200 Å². The van der Waals surface area contributed by atoms with E-state index < -0.39 is 0 Å². The molecule has 258 valence electrons. The van der Waals surface area contributed by atoms with Crippen molar-refractivity contribution >= 4 is 33.8 Å². The van der Waals surface area contributed by atoms with Crippen LogP contribution >= 0.6 is 0 Å². The first kappa shape index (κ1) is 32.9. The predicted molar refractivity (Wildman–Crippen MR) is 230 cm³/mol. The van der Waals surface area contributed by atoms with E-state index in [1.54, 1.807) is 0 Å². The van der Waals surface area contributed by atoms with Crippen LogP contribution in [-0.2, 0) is 0 Å². The second-order valence-electron chi connectivity index (χ2n) is 13.6. The molecule has 4 heteroatoms. The summed E-state index contributed by atoms with van der Waals surface area (Å²) in [5, 5.41) is 17.0. The van der Waals surface area contributed by atoms with E-state index in [2.05, 4.69) is 199 Å². The molecule has 55 heavy (non-hydrogen) atoms. The second-order valence-corrected chi connectivity index (χ2v) is 15.8. The molecule has 0 aliphatic heterocycles. The van der Waals surface area contributed by atoms with Crippen LogP contribution in [0.5, 0.6) is 0 Å². The van der Waals surface area contributed by atoms with Crippen LogP contribution in [-0.4, -0.2) is 29.9 Å². The number of nitrogens with zero attached hydrogens (tertiary/aromatic N) is 3. The number of aromatic nitrogens is 3. The molecule has 10 aromatic rings. The third-order valence-corrected chi connectivity index (χ3v) is 12.8. The van der Waals surface area contributed by atoms with Gasteiger partial charge in [-0.15, -0.1) is 0 Å². The molecule has 0 saturated heterocycles. The van der Waals surface area contributed by atoms with Gasteiger partial charge in [0, 0.05) is 0 Å². The summed E-state index contributed by atoms with van der Waals surface area (Å²) in [6.07, 6.45) is 0. The van der Waals surface area contributed by atoms with Crippen LogP contribution in [0.15, 0.2) is 200 Å². The molecule has 2 heterocycles.